The second kappa shape index (κ2) is 7.91. The molecule has 1 aliphatic heterocycles. The summed E-state index contributed by atoms with van der Waals surface area (Å²) in [5, 5.41) is 0.663. The first-order valence-electron chi connectivity index (χ1n) is 9.13. The number of halogens is 1. The van der Waals surface area contributed by atoms with Crippen molar-refractivity contribution in [1.29, 1.82) is 0 Å². The van der Waals surface area contributed by atoms with Crippen molar-refractivity contribution in [2.75, 3.05) is 12.0 Å². The van der Waals surface area contributed by atoms with Crippen LogP contribution in [0, 0.1) is 0 Å². The average molecular weight is 390 g/mol. The fourth-order valence-corrected chi connectivity index (χ4v) is 3.89. The molecule has 1 heterocycles. The third-order valence-corrected chi connectivity index (χ3v) is 5.22. The summed E-state index contributed by atoms with van der Waals surface area (Å²) in [4.78, 5) is 15.1. The molecule has 0 fully saturated rings. The number of ether oxygens (including phenoxy) is 1. The van der Waals surface area contributed by atoms with Crippen LogP contribution in [0.3, 0.4) is 0 Å². The molecule has 140 valence electrons. The monoisotopic (exact) mass is 389 g/mol. The van der Waals surface area contributed by atoms with Crippen LogP contribution in [0.2, 0.25) is 5.02 Å². The minimum Gasteiger partial charge on any atom is -0.467 e. The van der Waals surface area contributed by atoms with E-state index in [1.165, 1.54) is 7.11 Å². The molecule has 0 spiro atoms. The number of hydrogen-bond donors (Lipinski definition) is 0. The van der Waals surface area contributed by atoms with Gasteiger partial charge in [0.15, 0.2) is 6.04 Å². The number of esters is 1. The molecule has 0 bridgehead atoms. The van der Waals surface area contributed by atoms with E-state index < -0.39 is 6.04 Å². The van der Waals surface area contributed by atoms with Crippen molar-refractivity contribution >= 4 is 29.3 Å². The molecule has 4 heteroatoms. The van der Waals surface area contributed by atoms with E-state index in [1.807, 2.05) is 66.7 Å². The quantitative estimate of drug-likeness (QED) is 0.526. The summed E-state index contributed by atoms with van der Waals surface area (Å²) in [6, 6.07) is 24.9. The van der Waals surface area contributed by atoms with E-state index in [2.05, 4.69) is 29.2 Å². The Balaban J connectivity index is 1.91. The zero-order chi connectivity index (χ0) is 19.5. The Kier molecular flexibility index (Phi) is 5.18. The van der Waals surface area contributed by atoms with Crippen LogP contribution in [0.4, 0.5) is 5.69 Å². The van der Waals surface area contributed by atoms with Crippen molar-refractivity contribution < 1.29 is 9.53 Å². The van der Waals surface area contributed by atoms with Gasteiger partial charge < -0.3 is 9.64 Å². The number of nitrogens with zero attached hydrogens (tertiary/aromatic N) is 1. The van der Waals surface area contributed by atoms with E-state index in [1.54, 1.807) is 0 Å². The van der Waals surface area contributed by atoms with Crippen molar-refractivity contribution in [3.8, 4) is 0 Å². The minimum absolute atomic E-state index is 0.112. The van der Waals surface area contributed by atoms with Crippen LogP contribution in [-0.4, -0.2) is 13.1 Å². The summed E-state index contributed by atoms with van der Waals surface area (Å²) in [5.74, 6) is -0.302. The molecular weight excluding hydrogens is 370 g/mol. The van der Waals surface area contributed by atoms with E-state index in [0.717, 1.165) is 22.4 Å². The summed E-state index contributed by atoms with van der Waals surface area (Å²) in [5.41, 5.74) is 3.90. The normalized spacial score (nSPS) is 16.4. The smallest absolute Gasteiger partial charge is 0.333 e. The Hall–Kier alpha value is -3.04. The van der Waals surface area contributed by atoms with Crippen LogP contribution in [0.5, 0.6) is 0 Å². The van der Waals surface area contributed by atoms with Crippen molar-refractivity contribution in [3.63, 3.8) is 0 Å². The Morgan fingerprint density at radius 2 is 1.68 bits per heavy atom. The summed E-state index contributed by atoms with van der Waals surface area (Å²) < 4.78 is 5.21. The molecule has 4 rings (SSSR count). The Bertz CT molecular complexity index is 1000. The first-order chi connectivity index (χ1) is 13.7. The lowest BCUT2D eigenvalue weighted by atomic mass is 9.93. The summed E-state index contributed by atoms with van der Waals surface area (Å²) in [6.07, 6.45) is 4.17. The number of hydrogen-bond acceptors (Lipinski definition) is 3. The highest BCUT2D eigenvalue weighted by Crippen LogP contribution is 2.43. The van der Waals surface area contributed by atoms with Gasteiger partial charge in [-0.15, -0.1) is 0 Å². The Labute approximate surface area is 169 Å². The zero-order valence-corrected chi connectivity index (χ0v) is 16.2. The van der Waals surface area contributed by atoms with Crippen molar-refractivity contribution in [3.05, 3.63) is 107 Å². The maximum absolute atomic E-state index is 13.0. The lowest BCUT2D eigenvalue weighted by molar-refractivity contribution is -0.142. The van der Waals surface area contributed by atoms with E-state index in [0.29, 0.717) is 5.02 Å². The standard InChI is InChI=1S/C24H20ClNO2/c1-28-24(27)23(18-10-6-3-7-11-18)26-21(17-8-4-2-5-9-17)14-12-19-16-20(25)13-15-22(19)26/h2-16,21,23H,1H3/t21-,23+/m1/s1. The molecule has 2 atom stereocenters. The highest BCUT2D eigenvalue weighted by Gasteiger charge is 2.36. The van der Waals surface area contributed by atoms with Crippen LogP contribution in [0.1, 0.15) is 28.8 Å². The first-order valence-corrected chi connectivity index (χ1v) is 9.50. The van der Waals surface area contributed by atoms with Gasteiger partial charge in [-0.2, -0.15) is 0 Å². The van der Waals surface area contributed by atoms with Gasteiger partial charge in [-0.1, -0.05) is 84.4 Å². The molecule has 0 amide bonds. The van der Waals surface area contributed by atoms with Gasteiger partial charge >= 0.3 is 5.97 Å². The van der Waals surface area contributed by atoms with E-state index >= 15 is 0 Å². The van der Waals surface area contributed by atoms with Crippen LogP contribution in [0.15, 0.2) is 84.9 Å². The second-order valence-electron chi connectivity index (χ2n) is 6.66. The first kappa shape index (κ1) is 18.3. The van der Waals surface area contributed by atoms with Gasteiger partial charge in [-0.05, 0) is 34.9 Å². The third kappa shape index (κ3) is 3.41. The van der Waals surface area contributed by atoms with Gasteiger partial charge in [0, 0.05) is 10.7 Å². The topological polar surface area (TPSA) is 29.5 Å². The second-order valence-corrected chi connectivity index (χ2v) is 7.10. The van der Waals surface area contributed by atoms with Crippen LogP contribution < -0.4 is 4.90 Å². The van der Waals surface area contributed by atoms with Crippen molar-refractivity contribution in [2.45, 2.75) is 12.1 Å². The van der Waals surface area contributed by atoms with Gasteiger partial charge in [0.1, 0.15) is 0 Å². The molecule has 0 saturated carbocycles. The van der Waals surface area contributed by atoms with Gasteiger partial charge in [0.2, 0.25) is 0 Å². The van der Waals surface area contributed by atoms with Gasteiger partial charge in [-0.3, -0.25) is 0 Å². The van der Waals surface area contributed by atoms with Crippen LogP contribution in [0.25, 0.3) is 6.08 Å². The van der Waals surface area contributed by atoms with Crippen LogP contribution >= 0.6 is 11.6 Å². The summed E-state index contributed by atoms with van der Waals surface area (Å²) in [7, 11) is 1.43. The molecule has 0 radical (unpaired) electrons. The maximum Gasteiger partial charge on any atom is 0.333 e. The fraction of sp³-hybridized carbons (Fsp3) is 0.125. The van der Waals surface area contributed by atoms with E-state index in [4.69, 9.17) is 16.3 Å². The minimum atomic E-state index is -0.582. The number of anilines is 1. The third-order valence-electron chi connectivity index (χ3n) is 4.98. The predicted octanol–water partition coefficient (Wildman–Crippen LogP) is 5.83. The number of methoxy groups -OCH3 is 1. The molecule has 3 aromatic rings. The Morgan fingerprint density at radius 1 is 1.00 bits per heavy atom. The highest BCUT2D eigenvalue weighted by atomic mass is 35.5. The molecule has 0 unspecified atom stereocenters. The molecule has 0 aliphatic carbocycles. The van der Waals surface area contributed by atoms with Gasteiger partial charge in [0.25, 0.3) is 0 Å². The van der Waals surface area contributed by atoms with Gasteiger partial charge in [0.05, 0.1) is 13.2 Å². The van der Waals surface area contributed by atoms with Crippen molar-refractivity contribution in [1.82, 2.24) is 0 Å². The molecule has 3 nitrogen and oxygen atoms in total. The zero-order valence-electron chi connectivity index (χ0n) is 15.5. The number of fused-ring (bicyclic) bond motifs is 1. The molecule has 28 heavy (non-hydrogen) atoms. The number of benzene rings is 3. The fourth-order valence-electron chi connectivity index (χ4n) is 3.71. The number of rotatable bonds is 4. The van der Waals surface area contributed by atoms with E-state index in [9.17, 15) is 4.79 Å². The average Bonchev–Trinajstić information content (AvgIpc) is 2.75. The molecule has 3 aromatic carbocycles. The van der Waals surface area contributed by atoms with Crippen molar-refractivity contribution in [2.24, 2.45) is 0 Å². The summed E-state index contributed by atoms with van der Waals surface area (Å²) >= 11 is 6.22. The molecule has 0 aromatic heterocycles. The number of carbonyl (C=O) groups excluding carboxylic acids is 1. The molecule has 0 saturated heterocycles. The van der Waals surface area contributed by atoms with Gasteiger partial charge in [-0.25, -0.2) is 4.79 Å². The van der Waals surface area contributed by atoms with E-state index in [-0.39, 0.29) is 12.0 Å². The number of carbonyl (C=O) groups is 1. The maximum atomic E-state index is 13.0. The lowest BCUT2D eigenvalue weighted by Crippen LogP contribution is -2.39. The highest BCUT2D eigenvalue weighted by molar-refractivity contribution is 6.30. The largest absolute Gasteiger partial charge is 0.467 e. The predicted molar refractivity (Wildman–Crippen MR) is 113 cm³/mol. The van der Waals surface area contributed by atoms with Crippen LogP contribution in [-0.2, 0) is 9.53 Å². The molecule has 0 N–H and O–H groups in total. The Morgan fingerprint density at radius 3 is 2.36 bits per heavy atom. The molecule has 1 aliphatic rings. The molecular formula is C24H20ClNO2. The SMILES string of the molecule is COC(=O)[C@H](c1ccccc1)N1c2ccc(Cl)cc2C=C[C@@H]1c1ccccc1. The lowest BCUT2D eigenvalue weighted by Gasteiger charge is -2.40. The summed E-state index contributed by atoms with van der Waals surface area (Å²) in [6.45, 7) is 0.